The summed E-state index contributed by atoms with van der Waals surface area (Å²) in [7, 11) is 0. The Balaban J connectivity index is 1.80. The number of hydrogen-bond acceptors (Lipinski definition) is 3. The first kappa shape index (κ1) is 16.3. The standard InChI is InChI=1S/C14H25N7O/c15-13(18-14(16)19-21-10-4-5-11-21)17-7-6-12(22)20-8-2-1-3-9-20/h6-7H,1-5,8-11H2,(H5,15,16,17,18,19). The molecular formula is C14H25N7O. The third-order valence-corrected chi connectivity index (χ3v) is 3.71. The van der Waals surface area contributed by atoms with Gasteiger partial charge in [0, 0.05) is 38.5 Å². The number of piperidine rings is 1. The van der Waals surface area contributed by atoms with E-state index < -0.39 is 0 Å². The van der Waals surface area contributed by atoms with Gasteiger partial charge in [0.1, 0.15) is 0 Å². The number of carbonyl (C=O) groups is 1. The molecule has 0 radical (unpaired) electrons. The van der Waals surface area contributed by atoms with E-state index in [1.807, 2.05) is 9.91 Å². The second-order valence-corrected chi connectivity index (χ2v) is 5.49. The molecule has 1 amide bonds. The fourth-order valence-corrected chi connectivity index (χ4v) is 2.57. The minimum Gasteiger partial charge on any atom is -0.368 e. The number of hydrogen-bond donors (Lipinski definition) is 3. The summed E-state index contributed by atoms with van der Waals surface area (Å²) in [6, 6.07) is 0. The second-order valence-electron chi connectivity index (χ2n) is 5.49. The number of nitrogens with zero attached hydrogens (tertiary/aromatic N) is 4. The van der Waals surface area contributed by atoms with Crippen LogP contribution in [0.5, 0.6) is 0 Å². The van der Waals surface area contributed by atoms with E-state index >= 15 is 0 Å². The lowest BCUT2D eigenvalue weighted by atomic mass is 10.1. The average molecular weight is 307 g/mol. The molecule has 2 saturated heterocycles. The van der Waals surface area contributed by atoms with Gasteiger partial charge in [0.2, 0.25) is 17.8 Å². The van der Waals surface area contributed by atoms with Crippen LogP contribution in [0.25, 0.3) is 0 Å². The summed E-state index contributed by atoms with van der Waals surface area (Å²) in [4.78, 5) is 21.6. The summed E-state index contributed by atoms with van der Waals surface area (Å²) in [5.41, 5.74) is 14.4. The smallest absolute Gasteiger partial charge is 0.248 e. The molecular weight excluding hydrogens is 282 g/mol. The number of likely N-dealkylation sites (tertiary alicyclic amines) is 1. The van der Waals surface area contributed by atoms with Gasteiger partial charge in [-0.2, -0.15) is 4.99 Å². The quantitative estimate of drug-likeness (QED) is 0.378. The van der Waals surface area contributed by atoms with Crippen molar-refractivity contribution in [2.45, 2.75) is 32.1 Å². The van der Waals surface area contributed by atoms with Gasteiger partial charge in [-0.3, -0.25) is 10.2 Å². The zero-order chi connectivity index (χ0) is 15.8. The first-order valence-electron chi connectivity index (χ1n) is 7.79. The van der Waals surface area contributed by atoms with Crippen molar-refractivity contribution in [1.82, 2.24) is 15.3 Å². The maximum Gasteiger partial charge on any atom is 0.248 e. The summed E-state index contributed by atoms with van der Waals surface area (Å²) in [5, 5.41) is 1.99. The van der Waals surface area contributed by atoms with Crippen LogP contribution >= 0.6 is 0 Å². The van der Waals surface area contributed by atoms with Gasteiger partial charge in [-0.25, -0.2) is 10.0 Å². The molecule has 0 spiro atoms. The van der Waals surface area contributed by atoms with Crippen LogP contribution in [-0.4, -0.2) is 53.9 Å². The van der Waals surface area contributed by atoms with Gasteiger partial charge in [0.05, 0.1) is 0 Å². The minimum absolute atomic E-state index is 0.0203. The Labute approximate surface area is 130 Å². The van der Waals surface area contributed by atoms with Crippen LogP contribution in [0.2, 0.25) is 0 Å². The number of guanidine groups is 2. The van der Waals surface area contributed by atoms with E-state index in [0.717, 1.165) is 51.9 Å². The topological polar surface area (TPSA) is 112 Å². The normalized spacial score (nSPS) is 21.5. The molecule has 2 aliphatic rings. The van der Waals surface area contributed by atoms with Crippen molar-refractivity contribution in [2.24, 2.45) is 21.5 Å². The molecule has 0 aromatic carbocycles. The first-order valence-corrected chi connectivity index (χ1v) is 7.79. The van der Waals surface area contributed by atoms with E-state index in [1.165, 1.54) is 18.7 Å². The third kappa shape index (κ3) is 5.36. The molecule has 5 N–H and O–H groups in total. The van der Waals surface area contributed by atoms with Gasteiger partial charge in [-0.1, -0.05) is 0 Å². The van der Waals surface area contributed by atoms with Crippen molar-refractivity contribution < 1.29 is 4.79 Å². The molecule has 0 aromatic heterocycles. The van der Waals surface area contributed by atoms with Gasteiger partial charge in [0.15, 0.2) is 0 Å². The Bertz CT molecular complexity index is 460. The van der Waals surface area contributed by atoms with Crippen LogP contribution in [-0.2, 0) is 4.79 Å². The van der Waals surface area contributed by atoms with E-state index in [0.29, 0.717) is 0 Å². The zero-order valence-electron chi connectivity index (χ0n) is 12.9. The van der Waals surface area contributed by atoms with Crippen molar-refractivity contribution in [3.8, 4) is 0 Å². The van der Waals surface area contributed by atoms with E-state index in [1.54, 1.807) is 0 Å². The number of hydrazine groups is 1. The molecule has 8 heteroatoms. The van der Waals surface area contributed by atoms with Gasteiger partial charge in [0.25, 0.3) is 0 Å². The Morgan fingerprint density at radius 1 is 1.00 bits per heavy atom. The highest BCUT2D eigenvalue weighted by Crippen LogP contribution is 2.08. The molecule has 22 heavy (non-hydrogen) atoms. The van der Waals surface area contributed by atoms with Crippen molar-refractivity contribution in [2.75, 3.05) is 26.2 Å². The molecule has 0 atom stereocenters. The van der Waals surface area contributed by atoms with Crippen LogP contribution < -0.4 is 16.9 Å². The summed E-state index contributed by atoms with van der Waals surface area (Å²) in [6.45, 7) is 3.51. The highest BCUT2D eigenvalue weighted by Gasteiger charge is 2.13. The molecule has 122 valence electrons. The van der Waals surface area contributed by atoms with Gasteiger partial charge in [-0.15, -0.1) is 0 Å². The third-order valence-electron chi connectivity index (χ3n) is 3.71. The highest BCUT2D eigenvalue weighted by atomic mass is 16.2. The number of rotatable bonds is 3. The van der Waals surface area contributed by atoms with E-state index in [-0.39, 0.29) is 17.8 Å². The number of nitrogens with one attached hydrogen (secondary N) is 1. The van der Waals surface area contributed by atoms with Gasteiger partial charge < -0.3 is 16.4 Å². The molecule has 2 heterocycles. The van der Waals surface area contributed by atoms with Crippen molar-refractivity contribution in [3.05, 3.63) is 12.3 Å². The highest BCUT2D eigenvalue weighted by molar-refractivity contribution is 5.93. The molecule has 2 fully saturated rings. The predicted octanol–water partition coefficient (Wildman–Crippen LogP) is -0.258. The van der Waals surface area contributed by atoms with Crippen LogP contribution in [0, 0.1) is 0 Å². The van der Waals surface area contributed by atoms with E-state index in [9.17, 15) is 4.79 Å². The Morgan fingerprint density at radius 3 is 2.32 bits per heavy atom. The molecule has 2 rings (SSSR count). The molecule has 0 unspecified atom stereocenters. The molecule has 0 aliphatic carbocycles. The number of aliphatic imine (C=N–C) groups is 2. The molecule has 2 aliphatic heterocycles. The van der Waals surface area contributed by atoms with Crippen molar-refractivity contribution in [1.29, 1.82) is 0 Å². The summed E-state index contributed by atoms with van der Waals surface area (Å²) in [6.07, 6.45) is 8.39. The Kier molecular flexibility index (Phi) is 6.20. The lowest BCUT2D eigenvalue weighted by molar-refractivity contribution is -0.126. The molecule has 0 bridgehead atoms. The largest absolute Gasteiger partial charge is 0.368 e. The fourth-order valence-electron chi connectivity index (χ4n) is 2.57. The lowest BCUT2D eigenvalue weighted by Crippen LogP contribution is -2.45. The van der Waals surface area contributed by atoms with Crippen molar-refractivity contribution in [3.63, 3.8) is 0 Å². The van der Waals surface area contributed by atoms with Crippen LogP contribution in [0.3, 0.4) is 0 Å². The zero-order valence-corrected chi connectivity index (χ0v) is 12.9. The number of amides is 1. The van der Waals surface area contributed by atoms with Gasteiger partial charge >= 0.3 is 0 Å². The maximum atomic E-state index is 11.9. The predicted molar refractivity (Wildman–Crippen MR) is 86.8 cm³/mol. The van der Waals surface area contributed by atoms with E-state index in [4.69, 9.17) is 11.5 Å². The Morgan fingerprint density at radius 2 is 1.64 bits per heavy atom. The SMILES string of the molecule is NC(=NC=CC(=O)N1CCCCC1)N=C(N)NN1CCCC1. The van der Waals surface area contributed by atoms with E-state index in [2.05, 4.69) is 15.4 Å². The number of carbonyl (C=O) groups excluding carboxylic acids is 1. The van der Waals surface area contributed by atoms with Crippen LogP contribution in [0.4, 0.5) is 0 Å². The summed E-state index contributed by atoms with van der Waals surface area (Å²) < 4.78 is 0. The van der Waals surface area contributed by atoms with Crippen molar-refractivity contribution >= 4 is 17.8 Å². The lowest BCUT2D eigenvalue weighted by Gasteiger charge is -2.25. The monoisotopic (exact) mass is 307 g/mol. The minimum atomic E-state index is -0.0385. The van der Waals surface area contributed by atoms with Crippen LogP contribution in [0.1, 0.15) is 32.1 Å². The van der Waals surface area contributed by atoms with Gasteiger partial charge in [-0.05, 0) is 32.1 Å². The summed E-state index contributed by atoms with van der Waals surface area (Å²) in [5.74, 6) is 0.189. The Hall–Kier alpha value is -2.09. The average Bonchev–Trinajstić information content (AvgIpc) is 3.00. The summed E-state index contributed by atoms with van der Waals surface area (Å²) >= 11 is 0. The van der Waals surface area contributed by atoms with Crippen LogP contribution in [0.15, 0.2) is 22.3 Å². The second kappa shape index (κ2) is 8.38. The maximum absolute atomic E-state index is 11.9. The first-order chi connectivity index (χ1) is 10.6. The molecule has 0 saturated carbocycles. The fraction of sp³-hybridized carbons (Fsp3) is 0.643. The molecule has 8 nitrogen and oxygen atoms in total. The molecule has 0 aromatic rings. The number of nitrogens with two attached hydrogens (primary N) is 2.